The molecule has 0 spiro atoms. The van der Waals surface area contributed by atoms with Crippen LogP contribution >= 0.6 is 12.4 Å². The molecule has 2 aliphatic heterocycles. The van der Waals surface area contributed by atoms with E-state index in [-0.39, 0.29) is 17.8 Å². The molecule has 2 aromatic carbocycles. The van der Waals surface area contributed by atoms with Crippen LogP contribution in [-0.4, -0.2) is 28.7 Å². The van der Waals surface area contributed by atoms with E-state index in [2.05, 4.69) is 68.1 Å². The Kier molecular flexibility index (Phi) is 4.89. The van der Waals surface area contributed by atoms with E-state index in [9.17, 15) is 5.11 Å². The fourth-order valence-corrected chi connectivity index (χ4v) is 5.76. The van der Waals surface area contributed by atoms with Crippen molar-refractivity contribution >= 4 is 12.4 Å². The molecule has 1 N–H and O–H groups in total. The number of hydrogen-bond acceptors (Lipinski definition) is 2. The number of piperidine rings is 1. The lowest BCUT2D eigenvalue weighted by Crippen LogP contribution is -2.55. The third kappa shape index (κ3) is 2.93. The quantitative estimate of drug-likeness (QED) is 0.654. The Morgan fingerprint density at radius 3 is 2.43 bits per heavy atom. The van der Waals surface area contributed by atoms with Crippen LogP contribution in [-0.2, 0) is 12.8 Å². The zero-order valence-electron chi connectivity index (χ0n) is 17.2. The first-order chi connectivity index (χ1) is 12.9. The number of fused-ring (bicyclic) bond motifs is 4. The summed E-state index contributed by atoms with van der Waals surface area (Å²) in [6.45, 7) is 8.65. The minimum Gasteiger partial charge on any atom is -0.389 e. The molecule has 3 aliphatic rings. The molecule has 28 heavy (non-hydrogen) atoms. The van der Waals surface area contributed by atoms with Gasteiger partial charge in [0.05, 0.1) is 5.60 Å². The van der Waals surface area contributed by atoms with E-state index in [4.69, 9.17) is 0 Å². The van der Waals surface area contributed by atoms with Gasteiger partial charge in [-0.1, -0.05) is 63.2 Å². The summed E-state index contributed by atoms with van der Waals surface area (Å²) in [7, 11) is 0. The molecule has 0 aromatic heterocycles. The summed E-state index contributed by atoms with van der Waals surface area (Å²) < 4.78 is 0. The monoisotopic (exact) mass is 397 g/mol. The minimum atomic E-state index is -0.591. The first-order valence-corrected chi connectivity index (χ1v) is 10.5. The average molecular weight is 398 g/mol. The second-order valence-corrected chi connectivity index (χ2v) is 9.92. The standard InChI is InChI=1S/C25H31NO.ClH/c1-24(2,3)25(27)13-14-26-16-21-19-9-5-4-7-17(19)11-12-18-8-6-10-20(23(18)21)22(26)15-25;/h4-10,21-22,27H,11-16H2,1-3H3;1H/t21-,22-,25+;/m0./s1. The van der Waals surface area contributed by atoms with E-state index in [1.54, 1.807) is 5.56 Å². The number of aliphatic hydroxyl groups is 1. The number of nitrogens with zero attached hydrogens (tertiary/aromatic N) is 1. The van der Waals surface area contributed by atoms with Gasteiger partial charge in [0.25, 0.3) is 0 Å². The molecule has 3 heteroatoms. The lowest BCUT2D eigenvalue weighted by Gasteiger charge is -2.53. The number of hydrogen-bond donors (Lipinski definition) is 1. The Hall–Kier alpha value is -1.35. The first-order valence-electron chi connectivity index (χ1n) is 10.5. The zero-order chi connectivity index (χ0) is 18.8. The second kappa shape index (κ2) is 6.86. The van der Waals surface area contributed by atoms with E-state index in [0.29, 0.717) is 12.0 Å². The van der Waals surface area contributed by atoms with Gasteiger partial charge >= 0.3 is 0 Å². The van der Waals surface area contributed by atoms with Gasteiger partial charge in [-0.15, -0.1) is 12.4 Å². The average Bonchev–Trinajstić information content (AvgIpc) is 2.80. The fraction of sp³-hybridized carbons (Fsp3) is 0.520. The van der Waals surface area contributed by atoms with Gasteiger partial charge in [0.15, 0.2) is 0 Å². The predicted octanol–water partition coefficient (Wildman–Crippen LogP) is 5.27. The Morgan fingerprint density at radius 1 is 0.964 bits per heavy atom. The molecule has 150 valence electrons. The first kappa shape index (κ1) is 19.9. The molecule has 0 saturated carbocycles. The second-order valence-electron chi connectivity index (χ2n) is 9.92. The Bertz CT molecular complexity index is 886. The molecule has 0 radical (unpaired) electrons. The molecule has 1 aliphatic carbocycles. The molecule has 1 fully saturated rings. The molecule has 2 nitrogen and oxygen atoms in total. The summed E-state index contributed by atoms with van der Waals surface area (Å²) in [6.07, 6.45) is 3.99. The topological polar surface area (TPSA) is 23.5 Å². The van der Waals surface area contributed by atoms with Crippen molar-refractivity contribution in [1.82, 2.24) is 4.90 Å². The van der Waals surface area contributed by atoms with Crippen molar-refractivity contribution in [3.63, 3.8) is 0 Å². The summed E-state index contributed by atoms with van der Waals surface area (Å²) in [6, 6.07) is 16.3. The van der Waals surface area contributed by atoms with Crippen LogP contribution in [0.3, 0.4) is 0 Å². The molecule has 2 heterocycles. The van der Waals surface area contributed by atoms with Crippen molar-refractivity contribution in [1.29, 1.82) is 0 Å². The molecule has 0 amide bonds. The highest BCUT2D eigenvalue weighted by atomic mass is 35.5. The Labute approximate surface area is 175 Å². The van der Waals surface area contributed by atoms with Crippen LogP contribution in [0.15, 0.2) is 42.5 Å². The highest BCUT2D eigenvalue weighted by molar-refractivity contribution is 5.85. The smallest absolute Gasteiger partial charge is 0.0726 e. The van der Waals surface area contributed by atoms with E-state index in [1.165, 1.54) is 22.3 Å². The van der Waals surface area contributed by atoms with E-state index >= 15 is 0 Å². The summed E-state index contributed by atoms with van der Waals surface area (Å²) in [5, 5.41) is 11.5. The lowest BCUT2D eigenvalue weighted by molar-refractivity contribution is -0.119. The van der Waals surface area contributed by atoms with Gasteiger partial charge in [-0.25, -0.2) is 0 Å². The van der Waals surface area contributed by atoms with Crippen LogP contribution < -0.4 is 0 Å². The highest BCUT2D eigenvalue weighted by Crippen LogP contribution is 2.51. The third-order valence-corrected chi connectivity index (χ3v) is 7.63. The van der Waals surface area contributed by atoms with E-state index < -0.39 is 5.60 Å². The molecular weight excluding hydrogens is 366 g/mol. The highest BCUT2D eigenvalue weighted by Gasteiger charge is 2.49. The molecule has 2 aromatic rings. The third-order valence-electron chi connectivity index (χ3n) is 7.63. The van der Waals surface area contributed by atoms with Crippen LogP contribution in [0.2, 0.25) is 0 Å². The summed E-state index contributed by atoms with van der Waals surface area (Å²) in [5.74, 6) is 0.479. The van der Waals surface area contributed by atoms with Crippen molar-refractivity contribution in [2.24, 2.45) is 5.41 Å². The zero-order valence-corrected chi connectivity index (χ0v) is 18.1. The van der Waals surface area contributed by atoms with E-state index in [1.807, 2.05) is 0 Å². The van der Waals surface area contributed by atoms with Gasteiger partial charge in [-0.05, 0) is 58.9 Å². The molecule has 0 bridgehead atoms. The number of aryl methyl sites for hydroxylation is 2. The van der Waals surface area contributed by atoms with Crippen molar-refractivity contribution in [3.05, 3.63) is 70.3 Å². The fourth-order valence-electron chi connectivity index (χ4n) is 5.76. The normalized spacial score (nSPS) is 29.0. The summed E-state index contributed by atoms with van der Waals surface area (Å²) >= 11 is 0. The van der Waals surface area contributed by atoms with Gasteiger partial charge in [-0.3, -0.25) is 4.90 Å². The van der Waals surface area contributed by atoms with Gasteiger partial charge < -0.3 is 5.11 Å². The van der Waals surface area contributed by atoms with Gasteiger partial charge in [0, 0.05) is 25.0 Å². The number of benzene rings is 2. The minimum absolute atomic E-state index is 0. The van der Waals surface area contributed by atoms with Crippen LogP contribution in [0.25, 0.3) is 0 Å². The number of halogens is 1. The molecular formula is C25H32ClNO. The van der Waals surface area contributed by atoms with Crippen molar-refractivity contribution in [2.45, 2.75) is 64.0 Å². The molecule has 3 atom stereocenters. The largest absolute Gasteiger partial charge is 0.389 e. The van der Waals surface area contributed by atoms with Crippen molar-refractivity contribution in [3.8, 4) is 0 Å². The SMILES string of the molecule is CC(C)(C)[C@@]1(O)CCN2C[C@H]3c4ccccc4CCc4cccc(c43)[C@@H]2C1.Cl. The van der Waals surface area contributed by atoms with Gasteiger partial charge in [-0.2, -0.15) is 0 Å². The van der Waals surface area contributed by atoms with Crippen LogP contribution in [0.4, 0.5) is 0 Å². The summed E-state index contributed by atoms with van der Waals surface area (Å²) in [4.78, 5) is 2.65. The summed E-state index contributed by atoms with van der Waals surface area (Å²) in [5.41, 5.74) is 6.94. The van der Waals surface area contributed by atoms with Crippen LogP contribution in [0.5, 0.6) is 0 Å². The van der Waals surface area contributed by atoms with E-state index in [0.717, 1.165) is 38.8 Å². The molecule has 0 unspecified atom stereocenters. The maximum Gasteiger partial charge on any atom is 0.0726 e. The van der Waals surface area contributed by atoms with Gasteiger partial charge in [0.2, 0.25) is 0 Å². The lowest BCUT2D eigenvalue weighted by atomic mass is 9.66. The maximum absolute atomic E-state index is 11.5. The van der Waals surface area contributed by atoms with Crippen molar-refractivity contribution < 1.29 is 5.11 Å². The maximum atomic E-state index is 11.5. The van der Waals surface area contributed by atoms with Crippen molar-refractivity contribution in [2.75, 3.05) is 13.1 Å². The number of rotatable bonds is 0. The van der Waals surface area contributed by atoms with Crippen LogP contribution in [0.1, 0.15) is 73.4 Å². The predicted molar refractivity (Wildman–Crippen MR) is 117 cm³/mol. The molecule has 5 rings (SSSR count). The molecule has 1 saturated heterocycles. The Balaban J connectivity index is 0.00000192. The Morgan fingerprint density at radius 2 is 1.64 bits per heavy atom. The van der Waals surface area contributed by atoms with Gasteiger partial charge in [0.1, 0.15) is 0 Å². The van der Waals surface area contributed by atoms with Crippen LogP contribution in [0, 0.1) is 5.41 Å².